The Bertz CT molecular complexity index is 1310. The number of hydrogen-bond donors (Lipinski definition) is 1. The maximum atomic E-state index is 14.0. The minimum absolute atomic E-state index is 0.0751. The van der Waals surface area contributed by atoms with Crippen LogP contribution >= 0.6 is 0 Å². The fourth-order valence-electron chi connectivity index (χ4n) is 4.21. The smallest absolute Gasteiger partial charge is 0.244 e. The quantitative estimate of drug-likeness (QED) is 0.374. The van der Waals surface area contributed by atoms with E-state index in [0.29, 0.717) is 12.1 Å². The third kappa shape index (κ3) is 7.92. The average Bonchev–Trinajstić information content (AvgIpc) is 2.90. The van der Waals surface area contributed by atoms with Crippen LogP contribution in [-0.2, 0) is 32.6 Å². The molecule has 3 aromatic rings. The van der Waals surface area contributed by atoms with Crippen LogP contribution in [0.2, 0.25) is 0 Å². The number of rotatable bonds is 12. The highest BCUT2D eigenvalue weighted by Crippen LogP contribution is 2.23. The number of nitrogens with zero attached hydrogens (tertiary/aromatic N) is 2. The minimum atomic E-state index is -3.78. The van der Waals surface area contributed by atoms with E-state index in [-0.39, 0.29) is 18.5 Å². The number of carbonyl (C=O) groups excluding carboxylic acids is 2. The third-order valence-electron chi connectivity index (χ3n) is 6.53. The molecule has 2 atom stereocenters. The molecule has 0 fully saturated rings. The lowest BCUT2D eigenvalue weighted by atomic mass is 10.0. The fraction of sp³-hybridized carbons (Fsp3) is 0.333. The Morgan fingerprint density at radius 3 is 1.97 bits per heavy atom. The molecule has 8 heteroatoms. The van der Waals surface area contributed by atoms with Crippen LogP contribution in [0.15, 0.2) is 84.9 Å². The molecule has 0 aliphatic carbocycles. The number of nitrogens with one attached hydrogen (secondary N) is 1. The van der Waals surface area contributed by atoms with Gasteiger partial charge < -0.3 is 10.2 Å². The minimum Gasteiger partial charge on any atom is -0.352 e. The summed E-state index contributed by atoms with van der Waals surface area (Å²) in [5.41, 5.74) is 2.92. The summed E-state index contributed by atoms with van der Waals surface area (Å²) < 4.78 is 26.8. The summed E-state index contributed by atoms with van der Waals surface area (Å²) in [6.07, 6.45) is 2.13. The van der Waals surface area contributed by atoms with Gasteiger partial charge in [0.2, 0.25) is 21.8 Å². The molecule has 202 valence electrons. The van der Waals surface area contributed by atoms with Gasteiger partial charge in [-0.2, -0.15) is 0 Å². The number of aryl methyl sites for hydroxylation is 1. The second-order valence-corrected chi connectivity index (χ2v) is 11.5. The molecule has 0 bridgehead atoms. The summed E-state index contributed by atoms with van der Waals surface area (Å²) in [4.78, 5) is 29.2. The van der Waals surface area contributed by atoms with Crippen LogP contribution in [0.5, 0.6) is 0 Å². The molecule has 0 heterocycles. The van der Waals surface area contributed by atoms with Gasteiger partial charge in [0.25, 0.3) is 0 Å². The molecule has 0 saturated carbocycles. The summed E-state index contributed by atoms with van der Waals surface area (Å²) in [6, 6.07) is 25.1. The summed E-state index contributed by atoms with van der Waals surface area (Å²) in [6.45, 7) is 5.45. The van der Waals surface area contributed by atoms with Crippen molar-refractivity contribution in [1.82, 2.24) is 10.2 Å². The summed E-state index contributed by atoms with van der Waals surface area (Å²) in [5, 5.41) is 3.03. The van der Waals surface area contributed by atoms with Gasteiger partial charge in [-0.25, -0.2) is 8.42 Å². The number of benzene rings is 3. The van der Waals surface area contributed by atoms with Crippen molar-refractivity contribution in [2.24, 2.45) is 0 Å². The summed E-state index contributed by atoms with van der Waals surface area (Å²) in [5.74, 6) is -0.725. The van der Waals surface area contributed by atoms with Crippen molar-refractivity contribution in [2.75, 3.05) is 17.1 Å². The number of carbonyl (C=O) groups is 2. The molecule has 0 radical (unpaired) electrons. The van der Waals surface area contributed by atoms with Crippen LogP contribution in [0.1, 0.15) is 37.0 Å². The van der Waals surface area contributed by atoms with E-state index in [1.165, 1.54) is 4.90 Å². The molecule has 7 nitrogen and oxygen atoms in total. The van der Waals surface area contributed by atoms with Crippen molar-refractivity contribution in [3.8, 4) is 0 Å². The Labute approximate surface area is 226 Å². The lowest BCUT2D eigenvalue weighted by Crippen LogP contribution is -2.54. The van der Waals surface area contributed by atoms with Crippen molar-refractivity contribution in [2.45, 2.75) is 52.2 Å². The van der Waals surface area contributed by atoms with Crippen LogP contribution in [-0.4, -0.2) is 50.0 Å². The molecule has 1 N–H and O–H groups in total. The van der Waals surface area contributed by atoms with Gasteiger partial charge in [-0.3, -0.25) is 13.9 Å². The van der Waals surface area contributed by atoms with Gasteiger partial charge in [0.1, 0.15) is 12.6 Å². The van der Waals surface area contributed by atoms with Crippen LogP contribution in [0.4, 0.5) is 5.69 Å². The van der Waals surface area contributed by atoms with E-state index < -0.39 is 28.5 Å². The highest BCUT2D eigenvalue weighted by atomic mass is 32.2. The molecular weight excluding hydrogens is 498 g/mol. The van der Waals surface area contributed by atoms with Crippen LogP contribution in [0.25, 0.3) is 0 Å². The van der Waals surface area contributed by atoms with Crippen LogP contribution < -0.4 is 9.62 Å². The average molecular weight is 536 g/mol. The first-order valence-electron chi connectivity index (χ1n) is 12.8. The zero-order valence-electron chi connectivity index (χ0n) is 22.5. The van der Waals surface area contributed by atoms with E-state index in [4.69, 9.17) is 0 Å². The van der Waals surface area contributed by atoms with Crippen LogP contribution in [0.3, 0.4) is 0 Å². The van der Waals surface area contributed by atoms with Crippen molar-refractivity contribution in [1.29, 1.82) is 0 Å². The zero-order chi connectivity index (χ0) is 27.7. The van der Waals surface area contributed by atoms with Crippen molar-refractivity contribution >= 4 is 27.5 Å². The van der Waals surface area contributed by atoms with E-state index in [9.17, 15) is 18.0 Å². The molecule has 0 spiro atoms. The summed E-state index contributed by atoms with van der Waals surface area (Å²) in [7, 11) is -3.78. The Morgan fingerprint density at radius 2 is 1.42 bits per heavy atom. The van der Waals surface area contributed by atoms with Gasteiger partial charge in [0.15, 0.2) is 0 Å². The zero-order valence-corrected chi connectivity index (χ0v) is 23.3. The van der Waals surface area contributed by atoms with E-state index in [2.05, 4.69) is 5.32 Å². The van der Waals surface area contributed by atoms with Crippen molar-refractivity contribution in [3.63, 3.8) is 0 Å². The molecule has 38 heavy (non-hydrogen) atoms. The number of hydrogen-bond acceptors (Lipinski definition) is 4. The molecular formula is C30H37N3O4S. The number of anilines is 1. The van der Waals surface area contributed by atoms with E-state index in [0.717, 1.165) is 33.7 Å². The molecule has 0 aliphatic heterocycles. The Balaban J connectivity index is 2.05. The van der Waals surface area contributed by atoms with Gasteiger partial charge in [0, 0.05) is 19.0 Å². The van der Waals surface area contributed by atoms with Crippen LogP contribution in [0, 0.1) is 6.92 Å². The molecule has 2 amide bonds. The van der Waals surface area contributed by atoms with E-state index in [1.807, 2.05) is 80.6 Å². The molecule has 3 rings (SSSR count). The molecule has 3 aromatic carbocycles. The van der Waals surface area contributed by atoms with Gasteiger partial charge >= 0.3 is 0 Å². The van der Waals surface area contributed by atoms with Crippen molar-refractivity contribution < 1.29 is 18.0 Å². The first-order valence-corrected chi connectivity index (χ1v) is 14.7. The van der Waals surface area contributed by atoms with Gasteiger partial charge in [-0.05, 0) is 43.0 Å². The first-order chi connectivity index (χ1) is 18.1. The first kappa shape index (κ1) is 28.9. The molecule has 0 saturated heterocycles. The monoisotopic (exact) mass is 535 g/mol. The Kier molecular flexibility index (Phi) is 10.1. The topological polar surface area (TPSA) is 86.8 Å². The van der Waals surface area contributed by atoms with Gasteiger partial charge in [-0.15, -0.1) is 0 Å². The number of amides is 2. The predicted molar refractivity (Wildman–Crippen MR) is 152 cm³/mol. The highest BCUT2D eigenvalue weighted by molar-refractivity contribution is 7.92. The largest absolute Gasteiger partial charge is 0.352 e. The third-order valence-corrected chi connectivity index (χ3v) is 7.66. The fourth-order valence-corrected chi connectivity index (χ4v) is 5.12. The number of para-hydroxylation sites is 1. The normalized spacial score (nSPS) is 12.8. The molecule has 0 unspecified atom stereocenters. The second-order valence-electron chi connectivity index (χ2n) is 9.59. The molecule has 0 aliphatic rings. The van der Waals surface area contributed by atoms with E-state index >= 15 is 0 Å². The van der Waals surface area contributed by atoms with Gasteiger partial charge in [-0.1, -0.05) is 85.8 Å². The Morgan fingerprint density at radius 1 is 0.868 bits per heavy atom. The number of sulfonamides is 1. The van der Waals surface area contributed by atoms with Gasteiger partial charge in [0.05, 0.1) is 11.9 Å². The summed E-state index contributed by atoms with van der Waals surface area (Å²) >= 11 is 0. The SMILES string of the molecule is CC[C@@H](C)NC(=O)[C@@H](Cc1ccccc1)N(Cc1ccccc1)C(=O)CN(c1ccccc1C)S(C)(=O)=O. The second kappa shape index (κ2) is 13.2. The highest BCUT2D eigenvalue weighted by Gasteiger charge is 2.33. The standard InChI is InChI=1S/C30H37N3O4S/c1-5-24(3)31-30(35)28(20-25-15-8-6-9-16-25)32(21-26-17-10-7-11-18-26)29(34)22-33(38(4,36)37)27-19-13-12-14-23(27)2/h6-19,24,28H,5,20-22H2,1-4H3,(H,31,35)/t24-,28-/m1/s1. The van der Waals surface area contributed by atoms with Crippen molar-refractivity contribution in [3.05, 3.63) is 102 Å². The lowest BCUT2D eigenvalue weighted by molar-refractivity contribution is -0.140. The Hall–Kier alpha value is -3.65. The molecule has 0 aromatic heterocycles. The lowest BCUT2D eigenvalue weighted by Gasteiger charge is -2.34. The maximum Gasteiger partial charge on any atom is 0.244 e. The van der Waals surface area contributed by atoms with E-state index in [1.54, 1.807) is 25.1 Å². The predicted octanol–water partition coefficient (Wildman–Crippen LogP) is 4.32. The maximum absolute atomic E-state index is 14.0.